The van der Waals surface area contributed by atoms with E-state index in [9.17, 15) is 14.7 Å². The third-order valence-corrected chi connectivity index (χ3v) is 13.4. The number of nitrogens with zero attached hydrogens (tertiary/aromatic N) is 2. The summed E-state index contributed by atoms with van der Waals surface area (Å²) in [6, 6.07) is 0.0985. The molecule has 1 saturated heterocycles. The molecule has 0 spiro atoms. The van der Waals surface area contributed by atoms with E-state index in [2.05, 4.69) is 64.0 Å². The average molecular weight is 562 g/mol. The maximum Gasteiger partial charge on any atom is 0.317 e. The summed E-state index contributed by atoms with van der Waals surface area (Å²) in [6.45, 7) is 18.5. The quantitative estimate of drug-likeness (QED) is 0.400. The molecule has 2 N–H and O–H groups in total. The Morgan fingerprint density at radius 2 is 1.66 bits per heavy atom. The number of allylic oxidation sites excluding steroid dienone is 7. The molecule has 6 nitrogen and oxygen atoms in total. The van der Waals surface area contributed by atoms with Crippen molar-refractivity contribution in [2.75, 3.05) is 39.8 Å². The lowest BCUT2D eigenvalue weighted by molar-refractivity contribution is -0.160. The maximum absolute atomic E-state index is 13.1. The fraction of sp³-hybridized carbons (Fsp3) is 0.714. The molecule has 6 aliphatic rings. The number of ketones is 1. The van der Waals surface area contributed by atoms with Gasteiger partial charge in [0, 0.05) is 43.7 Å². The number of urea groups is 1. The number of fused-ring (bicyclic) bond motifs is 7. The summed E-state index contributed by atoms with van der Waals surface area (Å²) < 4.78 is 0. The number of hydrogen-bond donors (Lipinski definition) is 2. The van der Waals surface area contributed by atoms with Crippen LogP contribution in [-0.2, 0) is 4.79 Å². The number of carbonyl (C=O) groups excluding carboxylic acids is 2. The lowest BCUT2D eigenvalue weighted by Gasteiger charge is -2.70. The molecule has 3 saturated carbocycles. The van der Waals surface area contributed by atoms with Gasteiger partial charge in [0.2, 0.25) is 5.78 Å². The summed E-state index contributed by atoms with van der Waals surface area (Å²) in [5, 5.41) is 13.8. The van der Waals surface area contributed by atoms with E-state index in [1.807, 2.05) is 11.8 Å². The first-order valence-corrected chi connectivity index (χ1v) is 16.0. The van der Waals surface area contributed by atoms with Crippen LogP contribution in [0.4, 0.5) is 4.79 Å². The average Bonchev–Trinajstić information content (AvgIpc) is 2.94. The van der Waals surface area contributed by atoms with Crippen molar-refractivity contribution in [1.29, 1.82) is 0 Å². The van der Waals surface area contributed by atoms with Crippen molar-refractivity contribution in [3.63, 3.8) is 0 Å². The second-order valence-corrected chi connectivity index (χ2v) is 15.8. The first-order valence-electron chi connectivity index (χ1n) is 16.0. The summed E-state index contributed by atoms with van der Waals surface area (Å²) in [7, 11) is 2.12. The lowest BCUT2D eigenvalue weighted by atomic mass is 9.34. The molecule has 6 atom stereocenters. The van der Waals surface area contributed by atoms with Gasteiger partial charge < -0.3 is 20.2 Å². The Balaban J connectivity index is 1.28. The molecule has 1 heterocycles. The van der Waals surface area contributed by atoms with Crippen molar-refractivity contribution in [3.05, 3.63) is 46.3 Å². The van der Waals surface area contributed by atoms with E-state index in [1.54, 1.807) is 6.08 Å². The van der Waals surface area contributed by atoms with Gasteiger partial charge in [-0.1, -0.05) is 52.3 Å². The van der Waals surface area contributed by atoms with Crippen LogP contribution in [0.2, 0.25) is 0 Å². The number of aliphatic hydroxyl groups is 1. The van der Waals surface area contributed by atoms with Crippen LogP contribution < -0.4 is 5.32 Å². The highest BCUT2D eigenvalue weighted by Crippen LogP contribution is 2.75. The molecular weight excluding hydrogens is 510 g/mol. The zero-order valence-electron chi connectivity index (χ0n) is 26.5. The lowest BCUT2D eigenvalue weighted by Crippen LogP contribution is -2.62. The number of rotatable bonds is 2. The van der Waals surface area contributed by atoms with E-state index in [4.69, 9.17) is 0 Å². The molecule has 5 aliphatic carbocycles. The molecule has 0 bridgehead atoms. The second kappa shape index (κ2) is 9.33. The Hall–Kier alpha value is -2.34. The number of piperazine rings is 1. The Morgan fingerprint density at radius 3 is 2.37 bits per heavy atom. The normalized spacial score (nSPS) is 42.7. The SMILES string of the molecule is CC1=C(O)C(=O)C=C2C1=CC=C1[C@@]2(C)CC[C@@]2(C)[C@@H]3C[C@](C)(CNC(=O)N4CCN(C)CC4)CC[C@@]3(C)CC[C@]12C. The van der Waals surface area contributed by atoms with Crippen molar-refractivity contribution >= 4 is 11.8 Å². The van der Waals surface area contributed by atoms with Gasteiger partial charge in [-0.15, -0.1) is 0 Å². The largest absolute Gasteiger partial charge is 0.504 e. The smallest absolute Gasteiger partial charge is 0.317 e. The molecule has 0 aromatic rings. The minimum absolute atomic E-state index is 0.0224. The van der Waals surface area contributed by atoms with Crippen molar-refractivity contribution in [1.82, 2.24) is 15.1 Å². The summed E-state index contributed by atoms with van der Waals surface area (Å²) >= 11 is 0. The predicted octanol–water partition coefficient (Wildman–Crippen LogP) is 6.57. The van der Waals surface area contributed by atoms with E-state index in [1.165, 1.54) is 24.8 Å². The Labute approximate surface area is 247 Å². The highest BCUT2D eigenvalue weighted by molar-refractivity contribution is 6.06. The van der Waals surface area contributed by atoms with E-state index >= 15 is 0 Å². The summed E-state index contributed by atoms with van der Waals surface area (Å²) in [5.74, 6) is 0.201. The molecule has 0 aromatic heterocycles. The van der Waals surface area contributed by atoms with Gasteiger partial charge in [-0.3, -0.25) is 4.79 Å². The minimum Gasteiger partial charge on any atom is -0.504 e. The van der Waals surface area contributed by atoms with Crippen molar-refractivity contribution in [2.45, 2.75) is 86.5 Å². The van der Waals surface area contributed by atoms with Gasteiger partial charge in [-0.25, -0.2) is 4.79 Å². The molecule has 4 fully saturated rings. The molecular formula is C35H51N3O3. The Bertz CT molecular complexity index is 1300. The third kappa shape index (κ3) is 4.13. The number of carbonyl (C=O) groups is 2. The molecule has 41 heavy (non-hydrogen) atoms. The highest BCUT2D eigenvalue weighted by Gasteiger charge is 2.66. The van der Waals surface area contributed by atoms with Gasteiger partial charge >= 0.3 is 6.03 Å². The minimum atomic E-state index is -0.256. The maximum atomic E-state index is 13.1. The third-order valence-electron chi connectivity index (χ3n) is 13.4. The molecule has 2 amide bonds. The monoisotopic (exact) mass is 561 g/mol. The van der Waals surface area contributed by atoms with Gasteiger partial charge in [0.25, 0.3) is 0 Å². The van der Waals surface area contributed by atoms with Crippen LogP contribution >= 0.6 is 0 Å². The van der Waals surface area contributed by atoms with Gasteiger partial charge in [-0.05, 0) is 104 Å². The van der Waals surface area contributed by atoms with Crippen molar-refractivity contribution in [2.24, 2.45) is 33.0 Å². The molecule has 0 radical (unpaired) electrons. The Kier molecular flexibility index (Phi) is 6.54. The van der Waals surface area contributed by atoms with Gasteiger partial charge in [0.05, 0.1) is 0 Å². The molecule has 0 unspecified atom stereocenters. The molecule has 0 aromatic carbocycles. The second-order valence-electron chi connectivity index (χ2n) is 15.8. The summed E-state index contributed by atoms with van der Waals surface area (Å²) in [5.41, 5.74) is 4.67. The predicted molar refractivity (Wildman–Crippen MR) is 163 cm³/mol. The van der Waals surface area contributed by atoms with Crippen LogP contribution in [0.15, 0.2) is 46.3 Å². The number of aliphatic hydroxyl groups excluding tert-OH is 1. The zero-order valence-corrected chi connectivity index (χ0v) is 26.5. The van der Waals surface area contributed by atoms with E-state index < -0.39 is 0 Å². The van der Waals surface area contributed by atoms with Crippen molar-refractivity contribution in [3.8, 4) is 0 Å². The summed E-state index contributed by atoms with van der Waals surface area (Å²) in [6.07, 6.45) is 14.3. The van der Waals surface area contributed by atoms with Crippen LogP contribution in [0.3, 0.4) is 0 Å². The van der Waals surface area contributed by atoms with Crippen LogP contribution in [0.5, 0.6) is 0 Å². The molecule has 1 aliphatic heterocycles. The first kappa shape index (κ1) is 28.8. The van der Waals surface area contributed by atoms with E-state index in [0.29, 0.717) is 16.9 Å². The zero-order chi connectivity index (χ0) is 29.6. The first-order chi connectivity index (χ1) is 19.2. The van der Waals surface area contributed by atoms with E-state index in [0.717, 1.165) is 69.6 Å². The number of likely N-dealkylation sites (N-methyl/N-ethyl adjacent to an activating group) is 1. The summed E-state index contributed by atoms with van der Waals surface area (Å²) in [4.78, 5) is 30.1. The van der Waals surface area contributed by atoms with Crippen LogP contribution in [0.25, 0.3) is 0 Å². The van der Waals surface area contributed by atoms with Gasteiger partial charge in [-0.2, -0.15) is 0 Å². The van der Waals surface area contributed by atoms with Crippen LogP contribution in [-0.4, -0.2) is 66.5 Å². The fourth-order valence-corrected chi connectivity index (χ4v) is 10.1. The molecule has 6 heteroatoms. The fourth-order valence-electron chi connectivity index (χ4n) is 10.1. The standard InChI is InChI=1S/C35H51N3O3/c1-23-24-8-9-27-33(4,25(24)20-26(39)29(23)40)13-15-35(6)28-21-31(2,10-11-32(28,3)12-14-34(27,35)5)22-36-30(41)38-18-16-37(7)17-19-38/h8-9,20,28,40H,10-19,21-22H2,1-7H3,(H,36,41)/t28-,31-,32+,33+,34-,35+/m1/s1. The van der Waals surface area contributed by atoms with Crippen LogP contribution in [0.1, 0.15) is 86.5 Å². The van der Waals surface area contributed by atoms with Crippen molar-refractivity contribution < 1.29 is 14.7 Å². The van der Waals surface area contributed by atoms with Gasteiger partial charge in [0.15, 0.2) is 5.76 Å². The van der Waals surface area contributed by atoms with Crippen LogP contribution in [0, 0.1) is 33.0 Å². The molecule has 224 valence electrons. The van der Waals surface area contributed by atoms with E-state index in [-0.39, 0.29) is 39.2 Å². The van der Waals surface area contributed by atoms with Gasteiger partial charge in [0.1, 0.15) is 0 Å². The highest BCUT2D eigenvalue weighted by atomic mass is 16.3. The number of amides is 2. The Morgan fingerprint density at radius 1 is 0.976 bits per heavy atom. The number of hydrogen-bond acceptors (Lipinski definition) is 4. The number of nitrogens with one attached hydrogen (secondary N) is 1. The molecule has 6 rings (SSSR count). The topological polar surface area (TPSA) is 72.9 Å².